The lowest BCUT2D eigenvalue weighted by atomic mass is 10.00. The summed E-state index contributed by atoms with van der Waals surface area (Å²) in [6.07, 6.45) is -4.31. The van der Waals surface area contributed by atoms with Crippen molar-refractivity contribution in [2.24, 2.45) is 11.8 Å². The highest BCUT2D eigenvalue weighted by Gasteiger charge is 2.43. The Balaban J connectivity index is 2.49. The van der Waals surface area contributed by atoms with Crippen LogP contribution in [0.5, 0.6) is 0 Å². The molecule has 1 rings (SSSR count). The predicted octanol–water partition coefficient (Wildman–Crippen LogP) is 2.05. The maximum absolute atomic E-state index is 11.8. The van der Waals surface area contributed by atoms with E-state index in [1.54, 1.807) is 0 Å². The average Bonchev–Trinajstić information content (AvgIpc) is 2.61. The first kappa shape index (κ1) is 9.35. The molecule has 12 heavy (non-hydrogen) atoms. The Labute approximate surface area is 67.4 Å². The molecule has 1 saturated carbocycles. The smallest absolute Gasteiger partial charge is 0.389 e. The van der Waals surface area contributed by atoms with Crippen molar-refractivity contribution in [2.45, 2.75) is 25.4 Å². The van der Waals surface area contributed by atoms with Crippen molar-refractivity contribution in [1.29, 1.82) is 0 Å². The highest BCUT2D eigenvalue weighted by molar-refractivity contribution is 5.70. The molecule has 0 aromatic heterocycles. The summed E-state index contributed by atoms with van der Waals surface area (Å²) in [6, 6.07) is 0. The van der Waals surface area contributed by atoms with Gasteiger partial charge in [-0.05, 0) is 18.8 Å². The van der Waals surface area contributed by atoms with Crippen LogP contribution in [0.25, 0.3) is 0 Å². The molecule has 2 nitrogen and oxygen atoms in total. The van der Waals surface area contributed by atoms with E-state index in [4.69, 9.17) is 5.11 Å². The van der Waals surface area contributed by atoms with E-state index in [1.807, 2.05) is 0 Å². The molecule has 0 radical (unpaired) electrons. The van der Waals surface area contributed by atoms with E-state index in [0.29, 0.717) is 12.8 Å². The molecule has 0 saturated heterocycles. The van der Waals surface area contributed by atoms with Gasteiger partial charge in [0.1, 0.15) is 0 Å². The fourth-order valence-corrected chi connectivity index (χ4v) is 1.20. The van der Waals surface area contributed by atoms with E-state index in [-0.39, 0.29) is 5.92 Å². The van der Waals surface area contributed by atoms with Crippen LogP contribution < -0.4 is 0 Å². The zero-order valence-electron chi connectivity index (χ0n) is 6.27. The molecule has 1 aliphatic carbocycles. The van der Waals surface area contributed by atoms with Crippen molar-refractivity contribution in [1.82, 2.24) is 0 Å². The van der Waals surface area contributed by atoms with Crippen LogP contribution in [0.1, 0.15) is 19.3 Å². The molecule has 70 valence electrons. The lowest BCUT2D eigenvalue weighted by Gasteiger charge is -2.12. The lowest BCUT2D eigenvalue weighted by molar-refractivity contribution is -0.165. The van der Waals surface area contributed by atoms with Gasteiger partial charge in [0.2, 0.25) is 0 Å². The molecule has 0 aromatic carbocycles. The van der Waals surface area contributed by atoms with Crippen LogP contribution >= 0.6 is 0 Å². The van der Waals surface area contributed by atoms with Gasteiger partial charge in [-0.15, -0.1) is 0 Å². The van der Waals surface area contributed by atoms with Crippen LogP contribution in [0.3, 0.4) is 0 Å². The molecule has 1 atom stereocenters. The Morgan fingerprint density at radius 3 is 2.25 bits per heavy atom. The van der Waals surface area contributed by atoms with Gasteiger partial charge < -0.3 is 5.11 Å². The largest absolute Gasteiger partial charge is 0.481 e. The summed E-state index contributed by atoms with van der Waals surface area (Å²) in [4.78, 5) is 10.4. The molecule has 0 aromatic rings. The molecule has 0 amide bonds. The first-order valence-electron chi connectivity index (χ1n) is 3.69. The summed E-state index contributed by atoms with van der Waals surface area (Å²) in [6.45, 7) is 0. The summed E-state index contributed by atoms with van der Waals surface area (Å²) in [7, 11) is 0. The van der Waals surface area contributed by atoms with Crippen LogP contribution in [-0.4, -0.2) is 17.3 Å². The van der Waals surface area contributed by atoms with E-state index in [9.17, 15) is 18.0 Å². The molecule has 1 N–H and O–H groups in total. The second-order valence-corrected chi connectivity index (χ2v) is 3.10. The van der Waals surface area contributed by atoms with Crippen LogP contribution in [0.15, 0.2) is 0 Å². The van der Waals surface area contributed by atoms with E-state index >= 15 is 0 Å². The third kappa shape index (κ3) is 2.71. The maximum atomic E-state index is 11.8. The first-order chi connectivity index (χ1) is 5.40. The summed E-state index contributed by atoms with van der Waals surface area (Å²) in [5.41, 5.74) is 0. The van der Waals surface area contributed by atoms with Crippen molar-refractivity contribution in [2.75, 3.05) is 0 Å². The number of carboxylic acids is 1. The normalized spacial score (nSPS) is 20.6. The Kier molecular flexibility index (Phi) is 2.30. The zero-order valence-corrected chi connectivity index (χ0v) is 6.27. The maximum Gasteiger partial charge on any atom is 0.389 e. The van der Waals surface area contributed by atoms with Gasteiger partial charge in [0.15, 0.2) is 0 Å². The van der Waals surface area contributed by atoms with E-state index < -0.39 is 24.5 Å². The number of hydrogen-bond acceptors (Lipinski definition) is 1. The molecule has 0 spiro atoms. The number of halogens is 3. The molecule has 1 unspecified atom stereocenters. The van der Waals surface area contributed by atoms with Crippen LogP contribution in [0.4, 0.5) is 13.2 Å². The van der Waals surface area contributed by atoms with Gasteiger partial charge in [-0.1, -0.05) is 0 Å². The van der Waals surface area contributed by atoms with Gasteiger partial charge in [-0.3, -0.25) is 4.79 Å². The van der Waals surface area contributed by atoms with Gasteiger partial charge >= 0.3 is 12.1 Å². The van der Waals surface area contributed by atoms with E-state index in [0.717, 1.165) is 0 Å². The Bertz CT molecular complexity index is 184. The standard InChI is InChI=1S/C7H9F3O2/c8-7(9,10)3-5(6(11)12)4-1-2-4/h4-5H,1-3H2,(H,11,12). The number of rotatable bonds is 3. The molecule has 0 bridgehead atoms. The number of carbonyl (C=O) groups is 1. The second-order valence-electron chi connectivity index (χ2n) is 3.10. The molecule has 0 aliphatic heterocycles. The summed E-state index contributed by atoms with van der Waals surface area (Å²) >= 11 is 0. The van der Waals surface area contributed by atoms with Crippen LogP contribution in [0, 0.1) is 11.8 Å². The molecule has 1 aliphatic rings. The highest BCUT2D eigenvalue weighted by Crippen LogP contribution is 2.42. The number of carboxylic acid groups (broad SMARTS) is 1. The number of alkyl halides is 3. The fourth-order valence-electron chi connectivity index (χ4n) is 1.20. The van der Waals surface area contributed by atoms with Gasteiger partial charge in [-0.2, -0.15) is 13.2 Å². The minimum atomic E-state index is -4.36. The lowest BCUT2D eigenvalue weighted by Crippen LogP contribution is -2.23. The SMILES string of the molecule is O=C(O)C(CC(F)(F)F)C1CC1. The average molecular weight is 182 g/mol. The van der Waals surface area contributed by atoms with Crippen LogP contribution in [0.2, 0.25) is 0 Å². The summed E-state index contributed by atoms with van der Waals surface area (Å²) in [5, 5.41) is 8.45. The Morgan fingerprint density at radius 1 is 1.50 bits per heavy atom. The molecular weight excluding hydrogens is 173 g/mol. The summed E-state index contributed by atoms with van der Waals surface area (Å²) in [5.74, 6) is -2.79. The van der Waals surface area contributed by atoms with Gasteiger partial charge in [0.25, 0.3) is 0 Å². The topological polar surface area (TPSA) is 37.3 Å². The van der Waals surface area contributed by atoms with E-state index in [2.05, 4.69) is 0 Å². The third-order valence-corrected chi connectivity index (χ3v) is 1.96. The van der Waals surface area contributed by atoms with Gasteiger partial charge in [-0.25, -0.2) is 0 Å². The number of aliphatic carboxylic acids is 1. The second kappa shape index (κ2) is 2.95. The monoisotopic (exact) mass is 182 g/mol. The molecule has 1 fully saturated rings. The molecule has 0 heterocycles. The van der Waals surface area contributed by atoms with Crippen molar-refractivity contribution in [3.05, 3.63) is 0 Å². The minimum absolute atomic E-state index is 0.246. The van der Waals surface area contributed by atoms with Gasteiger partial charge in [0, 0.05) is 0 Å². The van der Waals surface area contributed by atoms with Crippen molar-refractivity contribution >= 4 is 5.97 Å². The minimum Gasteiger partial charge on any atom is -0.481 e. The van der Waals surface area contributed by atoms with E-state index in [1.165, 1.54) is 0 Å². The number of hydrogen-bond donors (Lipinski definition) is 1. The zero-order chi connectivity index (χ0) is 9.35. The first-order valence-corrected chi connectivity index (χ1v) is 3.69. The predicted molar refractivity (Wildman–Crippen MR) is 34.5 cm³/mol. The fraction of sp³-hybridized carbons (Fsp3) is 0.857. The van der Waals surface area contributed by atoms with Crippen molar-refractivity contribution in [3.8, 4) is 0 Å². The third-order valence-electron chi connectivity index (χ3n) is 1.96. The molecular formula is C7H9F3O2. The highest BCUT2D eigenvalue weighted by atomic mass is 19.4. The molecule has 5 heteroatoms. The summed E-state index contributed by atoms with van der Waals surface area (Å²) < 4.78 is 35.4. The quantitative estimate of drug-likeness (QED) is 0.725. The van der Waals surface area contributed by atoms with Gasteiger partial charge in [0.05, 0.1) is 12.3 Å². The van der Waals surface area contributed by atoms with Crippen molar-refractivity contribution in [3.63, 3.8) is 0 Å². The Morgan fingerprint density at radius 2 is 2.00 bits per heavy atom. The van der Waals surface area contributed by atoms with Crippen molar-refractivity contribution < 1.29 is 23.1 Å². The van der Waals surface area contributed by atoms with Crippen LogP contribution in [-0.2, 0) is 4.79 Å². The Hall–Kier alpha value is -0.740.